The molecule has 128 valence electrons. The molecule has 0 aliphatic carbocycles. The quantitative estimate of drug-likeness (QED) is 0.570. The average Bonchev–Trinajstić information content (AvgIpc) is 2.95. The summed E-state index contributed by atoms with van der Waals surface area (Å²) >= 11 is 0. The van der Waals surface area contributed by atoms with E-state index in [1.807, 2.05) is 7.05 Å². The first-order valence-electron chi connectivity index (χ1n) is 8.46. The highest BCUT2D eigenvalue weighted by molar-refractivity contribution is 5.89. The molecule has 1 saturated heterocycles. The van der Waals surface area contributed by atoms with Crippen molar-refractivity contribution in [2.45, 2.75) is 51.9 Å². The number of rotatable bonds is 7. The van der Waals surface area contributed by atoms with E-state index in [0.717, 1.165) is 32.2 Å². The van der Waals surface area contributed by atoms with Crippen molar-refractivity contribution in [3.05, 3.63) is 30.1 Å². The Kier molecular flexibility index (Phi) is 9.68. The van der Waals surface area contributed by atoms with Crippen LogP contribution in [0.15, 0.2) is 24.5 Å². The van der Waals surface area contributed by atoms with Gasteiger partial charge in [0.25, 0.3) is 0 Å². The van der Waals surface area contributed by atoms with Crippen LogP contribution < -0.4 is 0 Å². The zero-order valence-corrected chi connectivity index (χ0v) is 14.3. The number of amides is 1. The predicted molar refractivity (Wildman–Crippen MR) is 90.1 cm³/mol. The van der Waals surface area contributed by atoms with Gasteiger partial charge in [0.1, 0.15) is 0 Å². The summed E-state index contributed by atoms with van der Waals surface area (Å²) < 4.78 is 5.14. The van der Waals surface area contributed by atoms with E-state index in [4.69, 9.17) is 4.74 Å². The van der Waals surface area contributed by atoms with E-state index in [1.165, 1.54) is 19.3 Å². The summed E-state index contributed by atoms with van der Waals surface area (Å²) in [6, 6.07) is 3.33. The molecule has 0 unspecified atom stereocenters. The SMILES string of the molecule is CCCCCCCOC(=O)c1ccncc1.CN1CCCC1=O. The van der Waals surface area contributed by atoms with Crippen LogP contribution in [0.4, 0.5) is 0 Å². The fourth-order valence-electron chi connectivity index (χ4n) is 2.22. The number of carbonyl (C=O) groups is 2. The van der Waals surface area contributed by atoms with Gasteiger partial charge in [-0.2, -0.15) is 0 Å². The van der Waals surface area contributed by atoms with E-state index >= 15 is 0 Å². The Labute approximate surface area is 139 Å². The van der Waals surface area contributed by atoms with Crippen molar-refractivity contribution < 1.29 is 14.3 Å². The van der Waals surface area contributed by atoms with Gasteiger partial charge in [0.15, 0.2) is 0 Å². The molecule has 0 bridgehead atoms. The molecular weight excluding hydrogens is 292 g/mol. The van der Waals surface area contributed by atoms with Crippen LogP contribution in [0.3, 0.4) is 0 Å². The lowest BCUT2D eigenvalue weighted by Gasteiger charge is -2.04. The topological polar surface area (TPSA) is 59.5 Å². The van der Waals surface area contributed by atoms with E-state index < -0.39 is 0 Å². The van der Waals surface area contributed by atoms with Crippen LogP contribution in [0.1, 0.15) is 62.2 Å². The summed E-state index contributed by atoms with van der Waals surface area (Å²) in [4.78, 5) is 27.6. The smallest absolute Gasteiger partial charge is 0.338 e. The van der Waals surface area contributed by atoms with Crippen molar-refractivity contribution in [2.24, 2.45) is 0 Å². The number of unbranched alkanes of at least 4 members (excludes halogenated alkanes) is 4. The second kappa shape index (κ2) is 11.6. The van der Waals surface area contributed by atoms with Gasteiger partial charge in [-0.3, -0.25) is 9.78 Å². The Morgan fingerprint density at radius 2 is 1.91 bits per heavy atom. The molecule has 1 aliphatic rings. The maximum Gasteiger partial charge on any atom is 0.338 e. The lowest BCUT2D eigenvalue weighted by atomic mass is 10.2. The van der Waals surface area contributed by atoms with E-state index in [1.54, 1.807) is 29.4 Å². The van der Waals surface area contributed by atoms with Gasteiger partial charge < -0.3 is 9.64 Å². The van der Waals surface area contributed by atoms with Crippen molar-refractivity contribution in [3.8, 4) is 0 Å². The molecule has 1 aromatic rings. The van der Waals surface area contributed by atoms with Crippen molar-refractivity contribution in [3.63, 3.8) is 0 Å². The molecule has 0 spiro atoms. The summed E-state index contributed by atoms with van der Waals surface area (Å²) in [6.07, 6.45) is 10.8. The molecule has 0 N–H and O–H groups in total. The number of esters is 1. The molecule has 1 fully saturated rings. The molecule has 2 rings (SSSR count). The highest BCUT2D eigenvalue weighted by Crippen LogP contribution is 2.05. The van der Waals surface area contributed by atoms with Gasteiger partial charge in [-0.15, -0.1) is 0 Å². The van der Waals surface area contributed by atoms with Gasteiger partial charge in [0.2, 0.25) is 5.91 Å². The van der Waals surface area contributed by atoms with Gasteiger partial charge in [-0.25, -0.2) is 4.79 Å². The second-order valence-corrected chi connectivity index (χ2v) is 5.70. The Morgan fingerprint density at radius 1 is 1.22 bits per heavy atom. The van der Waals surface area contributed by atoms with Crippen LogP contribution in [0.2, 0.25) is 0 Å². The fraction of sp³-hybridized carbons (Fsp3) is 0.611. The number of pyridine rings is 1. The fourth-order valence-corrected chi connectivity index (χ4v) is 2.22. The molecule has 0 aromatic carbocycles. The van der Waals surface area contributed by atoms with E-state index in [2.05, 4.69) is 11.9 Å². The molecule has 2 heterocycles. The van der Waals surface area contributed by atoms with Crippen LogP contribution >= 0.6 is 0 Å². The largest absolute Gasteiger partial charge is 0.462 e. The normalized spacial score (nSPS) is 13.5. The highest BCUT2D eigenvalue weighted by atomic mass is 16.5. The molecule has 5 heteroatoms. The number of carbonyl (C=O) groups excluding carboxylic acids is 2. The number of hydrogen-bond acceptors (Lipinski definition) is 4. The Morgan fingerprint density at radius 3 is 2.43 bits per heavy atom. The number of nitrogens with zero attached hydrogens (tertiary/aromatic N) is 2. The summed E-state index contributed by atoms with van der Waals surface area (Å²) in [6.45, 7) is 3.66. The molecule has 1 amide bonds. The van der Waals surface area contributed by atoms with E-state index in [9.17, 15) is 9.59 Å². The molecule has 0 radical (unpaired) electrons. The number of aromatic nitrogens is 1. The summed E-state index contributed by atoms with van der Waals surface area (Å²) in [5, 5.41) is 0. The van der Waals surface area contributed by atoms with Gasteiger partial charge in [0, 0.05) is 32.4 Å². The minimum Gasteiger partial charge on any atom is -0.462 e. The maximum atomic E-state index is 11.5. The summed E-state index contributed by atoms with van der Waals surface area (Å²) in [5.41, 5.74) is 0.573. The molecular formula is C18H28N2O3. The van der Waals surface area contributed by atoms with Crippen LogP contribution in [-0.4, -0.2) is 42.0 Å². The predicted octanol–water partition coefficient (Wildman–Crippen LogP) is 3.45. The number of likely N-dealkylation sites (tertiary alicyclic amines) is 1. The molecule has 1 aliphatic heterocycles. The Hall–Kier alpha value is -1.91. The molecule has 1 aromatic heterocycles. The van der Waals surface area contributed by atoms with Crippen molar-refractivity contribution >= 4 is 11.9 Å². The number of ether oxygens (including phenoxy) is 1. The van der Waals surface area contributed by atoms with Crippen LogP contribution in [-0.2, 0) is 9.53 Å². The first-order chi connectivity index (χ1) is 11.1. The monoisotopic (exact) mass is 320 g/mol. The van der Waals surface area contributed by atoms with Crippen LogP contribution in [0.5, 0.6) is 0 Å². The summed E-state index contributed by atoms with van der Waals surface area (Å²) in [7, 11) is 1.84. The first kappa shape index (κ1) is 19.1. The third-order valence-electron chi connectivity index (χ3n) is 3.71. The Balaban J connectivity index is 0.000000313. The van der Waals surface area contributed by atoms with Crippen molar-refractivity contribution in [2.75, 3.05) is 20.2 Å². The third-order valence-corrected chi connectivity index (χ3v) is 3.71. The van der Waals surface area contributed by atoms with Gasteiger partial charge >= 0.3 is 5.97 Å². The minimum absolute atomic E-state index is 0.252. The lowest BCUT2D eigenvalue weighted by molar-refractivity contribution is -0.126. The second-order valence-electron chi connectivity index (χ2n) is 5.70. The molecule has 23 heavy (non-hydrogen) atoms. The van der Waals surface area contributed by atoms with Crippen LogP contribution in [0, 0.1) is 0 Å². The first-order valence-corrected chi connectivity index (χ1v) is 8.46. The maximum absolute atomic E-state index is 11.5. The third kappa shape index (κ3) is 8.33. The van der Waals surface area contributed by atoms with Crippen molar-refractivity contribution in [1.29, 1.82) is 0 Å². The van der Waals surface area contributed by atoms with Gasteiger partial charge in [-0.05, 0) is 25.0 Å². The van der Waals surface area contributed by atoms with Gasteiger partial charge in [0.05, 0.1) is 12.2 Å². The standard InChI is InChI=1S/C13H19NO2.C5H9NO/c1-2-3-4-5-6-11-16-13(15)12-7-9-14-10-8-12;1-6-4-2-3-5(6)7/h7-10H,2-6,11H2,1H3;2-4H2,1H3. The van der Waals surface area contributed by atoms with E-state index in [0.29, 0.717) is 18.1 Å². The Bertz CT molecular complexity index is 463. The van der Waals surface area contributed by atoms with E-state index in [-0.39, 0.29) is 5.97 Å². The van der Waals surface area contributed by atoms with Crippen LogP contribution in [0.25, 0.3) is 0 Å². The average molecular weight is 320 g/mol. The lowest BCUT2D eigenvalue weighted by Crippen LogP contribution is -2.17. The zero-order chi connectivity index (χ0) is 16.9. The number of hydrogen-bond donors (Lipinski definition) is 0. The van der Waals surface area contributed by atoms with Gasteiger partial charge in [-0.1, -0.05) is 32.6 Å². The molecule has 0 atom stereocenters. The molecule has 5 nitrogen and oxygen atoms in total. The minimum atomic E-state index is -0.252. The zero-order valence-electron chi connectivity index (χ0n) is 14.3. The van der Waals surface area contributed by atoms with Crippen molar-refractivity contribution in [1.82, 2.24) is 9.88 Å². The molecule has 0 saturated carbocycles. The summed E-state index contributed by atoms with van der Waals surface area (Å²) in [5.74, 6) is 0.0397. The highest BCUT2D eigenvalue weighted by Gasteiger charge is 2.14.